The summed E-state index contributed by atoms with van der Waals surface area (Å²) in [5.41, 5.74) is 4.27. The van der Waals surface area contributed by atoms with Gasteiger partial charge in [0.1, 0.15) is 17.3 Å². The van der Waals surface area contributed by atoms with E-state index in [1.165, 1.54) is 6.07 Å². The number of rotatable bonds is 8. The van der Waals surface area contributed by atoms with Crippen LogP contribution in [0.3, 0.4) is 0 Å². The summed E-state index contributed by atoms with van der Waals surface area (Å²) in [6, 6.07) is 20.0. The molecule has 0 fully saturated rings. The summed E-state index contributed by atoms with van der Waals surface area (Å²) in [7, 11) is 0. The van der Waals surface area contributed by atoms with Crippen LogP contribution in [0.1, 0.15) is 41.1 Å². The van der Waals surface area contributed by atoms with E-state index >= 15 is 0 Å². The van der Waals surface area contributed by atoms with Gasteiger partial charge in [-0.3, -0.25) is 9.20 Å². The Bertz CT molecular complexity index is 1500. The molecular formula is C28H24FN3O3. The quantitative estimate of drug-likeness (QED) is 0.325. The molecule has 0 unspecified atom stereocenters. The molecule has 0 aliphatic rings. The number of nitrogens with zero attached hydrogens (tertiary/aromatic N) is 3. The zero-order chi connectivity index (χ0) is 24.4. The molecule has 2 aromatic carbocycles. The largest absolute Gasteiger partial charge is 0.481 e. The van der Waals surface area contributed by atoms with Crippen LogP contribution in [0.4, 0.5) is 4.39 Å². The van der Waals surface area contributed by atoms with Gasteiger partial charge in [0.15, 0.2) is 5.65 Å². The van der Waals surface area contributed by atoms with Gasteiger partial charge in [0.25, 0.3) is 0 Å². The van der Waals surface area contributed by atoms with E-state index in [1.54, 1.807) is 22.6 Å². The molecule has 0 bridgehead atoms. The van der Waals surface area contributed by atoms with Crippen molar-refractivity contribution < 1.29 is 18.7 Å². The Morgan fingerprint density at radius 3 is 2.40 bits per heavy atom. The average Bonchev–Trinajstić information content (AvgIpc) is 3.45. The van der Waals surface area contributed by atoms with E-state index in [2.05, 4.69) is 0 Å². The topological polar surface area (TPSA) is 80.6 Å². The second-order valence-corrected chi connectivity index (χ2v) is 8.37. The molecule has 176 valence electrons. The van der Waals surface area contributed by atoms with E-state index < -0.39 is 5.97 Å². The smallest absolute Gasteiger partial charge is 0.309 e. The summed E-state index contributed by atoms with van der Waals surface area (Å²) >= 11 is 0. The van der Waals surface area contributed by atoms with Crippen molar-refractivity contribution in [3.05, 3.63) is 113 Å². The highest BCUT2D eigenvalue weighted by molar-refractivity contribution is 5.71. The normalized spacial score (nSPS) is 11.3. The molecule has 0 saturated heterocycles. The van der Waals surface area contributed by atoms with Gasteiger partial charge in [0.2, 0.25) is 0 Å². The van der Waals surface area contributed by atoms with Gasteiger partial charge in [-0.05, 0) is 23.8 Å². The molecule has 0 spiro atoms. The number of halogens is 1. The number of carboxylic acids is 1. The van der Waals surface area contributed by atoms with E-state index in [-0.39, 0.29) is 18.7 Å². The minimum absolute atomic E-state index is 0.213. The van der Waals surface area contributed by atoms with Crippen molar-refractivity contribution in [2.24, 2.45) is 0 Å². The summed E-state index contributed by atoms with van der Waals surface area (Å²) in [4.78, 5) is 21.5. The molecule has 0 atom stereocenters. The first-order valence-corrected chi connectivity index (χ1v) is 11.5. The average molecular weight is 470 g/mol. The Morgan fingerprint density at radius 2 is 1.69 bits per heavy atom. The van der Waals surface area contributed by atoms with Crippen LogP contribution < -0.4 is 0 Å². The van der Waals surface area contributed by atoms with E-state index in [1.807, 2.05) is 55.6 Å². The summed E-state index contributed by atoms with van der Waals surface area (Å²) < 4.78 is 22.2. The van der Waals surface area contributed by atoms with Gasteiger partial charge in [-0.2, -0.15) is 0 Å². The molecule has 35 heavy (non-hydrogen) atoms. The molecule has 0 aliphatic heterocycles. The van der Waals surface area contributed by atoms with E-state index in [9.17, 15) is 14.3 Å². The Kier molecular flexibility index (Phi) is 6.14. The number of aromatic nitrogens is 3. The SMILES string of the molecule is CCc1ccc(Cc2nc3c(Cc4ccccc4F)nc(-c4ccccc4)cn3c2CC(=O)O)o1. The van der Waals surface area contributed by atoms with E-state index in [0.29, 0.717) is 46.2 Å². The molecule has 1 N–H and O–H groups in total. The third-order valence-electron chi connectivity index (χ3n) is 5.97. The Morgan fingerprint density at radius 1 is 0.943 bits per heavy atom. The summed E-state index contributed by atoms with van der Waals surface area (Å²) in [6.45, 7) is 2.01. The van der Waals surface area contributed by atoms with Gasteiger partial charge >= 0.3 is 5.97 Å². The molecule has 7 heteroatoms. The third-order valence-corrected chi connectivity index (χ3v) is 5.97. The number of hydrogen-bond donors (Lipinski definition) is 1. The highest BCUT2D eigenvalue weighted by atomic mass is 19.1. The predicted octanol–water partition coefficient (Wildman–Crippen LogP) is 5.50. The first-order valence-electron chi connectivity index (χ1n) is 11.5. The molecule has 3 heterocycles. The molecule has 5 aromatic rings. The molecule has 0 radical (unpaired) electrons. The molecule has 0 aliphatic carbocycles. The van der Waals surface area contributed by atoms with Gasteiger partial charge < -0.3 is 9.52 Å². The van der Waals surface area contributed by atoms with Crippen LogP contribution in [-0.4, -0.2) is 25.4 Å². The fourth-order valence-electron chi connectivity index (χ4n) is 4.24. The van der Waals surface area contributed by atoms with Crippen molar-refractivity contribution >= 4 is 11.6 Å². The monoisotopic (exact) mass is 469 g/mol. The minimum atomic E-state index is -0.963. The van der Waals surface area contributed by atoms with Crippen LogP contribution in [0.25, 0.3) is 16.9 Å². The third kappa shape index (κ3) is 4.71. The molecular weight excluding hydrogens is 445 g/mol. The van der Waals surface area contributed by atoms with Gasteiger partial charge in [0.05, 0.1) is 35.6 Å². The number of carbonyl (C=O) groups is 1. The zero-order valence-corrected chi connectivity index (χ0v) is 19.2. The summed E-state index contributed by atoms with van der Waals surface area (Å²) in [6.07, 6.45) is 2.94. The van der Waals surface area contributed by atoms with Crippen LogP contribution in [0.5, 0.6) is 0 Å². The summed E-state index contributed by atoms with van der Waals surface area (Å²) in [5, 5.41) is 9.67. The van der Waals surface area contributed by atoms with Crippen molar-refractivity contribution in [3.63, 3.8) is 0 Å². The number of aliphatic carboxylic acids is 1. The fraction of sp³-hybridized carbons (Fsp3) is 0.179. The number of furan rings is 1. The molecule has 0 saturated carbocycles. The molecule has 6 nitrogen and oxygen atoms in total. The van der Waals surface area contributed by atoms with Crippen molar-refractivity contribution in [2.45, 2.75) is 32.6 Å². The maximum Gasteiger partial charge on any atom is 0.309 e. The lowest BCUT2D eigenvalue weighted by atomic mass is 10.1. The predicted molar refractivity (Wildman–Crippen MR) is 130 cm³/mol. The van der Waals surface area contributed by atoms with Crippen LogP contribution in [0.2, 0.25) is 0 Å². The first kappa shape index (κ1) is 22.5. The second-order valence-electron chi connectivity index (χ2n) is 8.37. The first-order chi connectivity index (χ1) is 17.0. The number of aryl methyl sites for hydroxylation is 1. The van der Waals surface area contributed by atoms with Crippen LogP contribution in [0.15, 0.2) is 77.3 Å². The fourth-order valence-corrected chi connectivity index (χ4v) is 4.24. The van der Waals surface area contributed by atoms with E-state index in [0.717, 1.165) is 17.7 Å². The summed E-state index contributed by atoms with van der Waals surface area (Å²) in [5.74, 6) is 0.286. The maximum atomic E-state index is 14.5. The lowest BCUT2D eigenvalue weighted by molar-refractivity contribution is -0.136. The van der Waals surface area contributed by atoms with Crippen LogP contribution in [0, 0.1) is 5.82 Å². The van der Waals surface area contributed by atoms with Gasteiger partial charge in [-0.1, -0.05) is 55.5 Å². The second kappa shape index (κ2) is 9.54. The number of hydrogen-bond acceptors (Lipinski definition) is 4. The van der Waals surface area contributed by atoms with Crippen molar-refractivity contribution in [1.82, 2.24) is 14.4 Å². The Labute approximate surface area is 201 Å². The maximum absolute atomic E-state index is 14.5. The van der Waals surface area contributed by atoms with Crippen molar-refractivity contribution in [3.8, 4) is 11.3 Å². The number of imidazole rings is 1. The van der Waals surface area contributed by atoms with Crippen molar-refractivity contribution in [2.75, 3.05) is 0 Å². The highest BCUT2D eigenvalue weighted by Gasteiger charge is 2.21. The van der Waals surface area contributed by atoms with Gasteiger partial charge in [0, 0.05) is 24.6 Å². The van der Waals surface area contributed by atoms with E-state index in [4.69, 9.17) is 14.4 Å². The zero-order valence-electron chi connectivity index (χ0n) is 19.2. The Balaban J connectivity index is 1.70. The molecule has 5 rings (SSSR count). The molecule has 3 aromatic heterocycles. The standard InChI is InChI=1S/C28H24FN3O3/c1-2-20-12-13-21(35-20)15-23-26(16-27(33)34)32-17-25(18-8-4-3-5-9-18)30-24(28(32)31-23)14-19-10-6-7-11-22(19)29/h3-13,17H,2,14-16H2,1H3,(H,33,34). The van der Waals surface area contributed by atoms with Crippen molar-refractivity contribution in [1.29, 1.82) is 0 Å². The minimum Gasteiger partial charge on any atom is -0.481 e. The van der Waals surface area contributed by atoms with Gasteiger partial charge in [-0.15, -0.1) is 0 Å². The molecule has 0 amide bonds. The Hall–Kier alpha value is -4.26. The highest BCUT2D eigenvalue weighted by Crippen LogP contribution is 2.26. The number of carboxylic acid groups (broad SMARTS) is 1. The van der Waals surface area contributed by atoms with Crippen LogP contribution in [-0.2, 0) is 30.5 Å². The number of benzene rings is 2. The lowest BCUT2D eigenvalue weighted by Gasteiger charge is -2.10. The number of fused-ring (bicyclic) bond motifs is 1. The lowest BCUT2D eigenvalue weighted by Crippen LogP contribution is -2.08. The van der Waals surface area contributed by atoms with Crippen LogP contribution >= 0.6 is 0 Å². The van der Waals surface area contributed by atoms with Gasteiger partial charge in [-0.25, -0.2) is 14.4 Å².